The fourth-order valence-corrected chi connectivity index (χ4v) is 5.48. The number of amides is 1. The molecule has 0 bridgehead atoms. The van der Waals surface area contributed by atoms with Crippen LogP contribution in [0.25, 0.3) is 0 Å². The molecule has 1 fully saturated rings. The smallest absolute Gasteiger partial charge is 0.262 e. The second-order valence-electron chi connectivity index (χ2n) is 8.10. The number of anilines is 2. The van der Waals surface area contributed by atoms with Crippen molar-refractivity contribution in [1.29, 1.82) is 0 Å². The molecule has 1 aliphatic rings. The van der Waals surface area contributed by atoms with E-state index >= 15 is 0 Å². The average Bonchev–Trinajstić information content (AvgIpc) is 3.38. The number of rotatable bonds is 11. The highest BCUT2D eigenvalue weighted by Gasteiger charge is 2.25. The third-order valence-corrected chi connectivity index (χ3v) is 7.95. The van der Waals surface area contributed by atoms with Crippen molar-refractivity contribution in [2.24, 2.45) is 0 Å². The molecule has 0 radical (unpaired) electrons. The van der Waals surface area contributed by atoms with Crippen LogP contribution >= 0.6 is 0 Å². The van der Waals surface area contributed by atoms with E-state index in [4.69, 9.17) is 4.74 Å². The molecule has 2 aromatic rings. The van der Waals surface area contributed by atoms with Gasteiger partial charge in [-0.05, 0) is 55.3 Å². The van der Waals surface area contributed by atoms with Crippen LogP contribution in [-0.4, -0.2) is 57.2 Å². The number of sulfonamides is 1. The second-order valence-corrected chi connectivity index (χ2v) is 10.0. The van der Waals surface area contributed by atoms with Gasteiger partial charge in [-0.15, -0.1) is 0 Å². The van der Waals surface area contributed by atoms with Crippen LogP contribution in [-0.2, 0) is 14.8 Å². The highest BCUT2D eigenvalue weighted by atomic mass is 32.2. The molecule has 9 heteroatoms. The molecule has 1 aliphatic heterocycles. The van der Waals surface area contributed by atoms with E-state index in [1.165, 1.54) is 10.4 Å². The first-order chi connectivity index (χ1) is 16.3. The van der Waals surface area contributed by atoms with Crippen molar-refractivity contribution in [2.75, 3.05) is 43.0 Å². The van der Waals surface area contributed by atoms with Gasteiger partial charge in [-0.3, -0.25) is 9.59 Å². The summed E-state index contributed by atoms with van der Waals surface area (Å²) in [6.07, 6.45) is 2.52. The Hall–Kier alpha value is -2.91. The summed E-state index contributed by atoms with van der Waals surface area (Å²) in [4.78, 5) is 26.8. The number of ether oxygens (including phenoxy) is 1. The lowest BCUT2D eigenvalue weighted by molar-refractivity contribution is -0.118. The Kier molecular flexibility index (Phi) is 8.68. The highest BCUT2D eigenvalue weighted by Crippen LogP contribution is 2.32. The van der Waals surface area contributed by atoms with Gasteiger partial charge in [-0.2, -0.15) is 4.31 Å². The number of Topliss-reactive ketones (excluding diaryl/α,β-unsaturated/α-hetero) is 1. The van der Waals surface area contributed by atoms with Crippen molar-refractivity contribution in [3.8, 4) is 5.75 Å². The Morgan fingerprint density at radius 2 is 1.65 bits per heavy atom. The van der Waals surface area contributed by atoms with Crippen molar-refractivity contribution in [2.45, 2.75) is 44.9 Å². The van der Waals surface area contributed by atoms with Gasteiger partial charge in [0, 0.05) is 38.2 Å². The number of benzene rings is 2. The number of carbonyl (C=O) groups excluding carboxylic acids is 2. The zero-order valence-corrected chi connectivity index (χ0v) is 20.9. The number of hydrogen-bond donors (Lipinski definition) is 1. The summed E-state index contributed by atoms with van der Waals surface area (Å²) in [6, 6.07) is 11.6. The van der Waals surface area contributed by atoms with Crippen LogP contribution in [0.5, 0.6) is 5.75 Å². The minimum absolute atomic E-state index is 0.0401. The average molecular weight is 488 g/mol. The normalized spacial score (nSPS) is 13.8. The standard InChI is InChI=1S/C25H33N3O5S/c1-4-24(29)19-9-11-20(12-10-19)33-18-25(30)26-22-17-21(34(31,32)28(5-2)6-3)13-14-23(22)27-15-7-8-16-27/h9-14,17H,4-8,15-16,18H2,1-3H3,(H,26,30). The zero-order valence-electron chi connectivity index (χ0n) is 20.0. The van der Waals surface area contributed by atoms with E-state index in [0.29, 0.717) is 36.5 Å². The summed E-state index contributed by atoms with van der Waals surface area (Å²) in [5.41, 5.74) is 1.85. The molecular weight excluding hydrogens is 454 g/mol. The van der Waals surface area contributed by atoms with Crippen molar-refractivity contribution in [3.63, 3.8) is 0 Å². The molecular formula is C25H33N3O5S. The van der Waals surface area contributed by atoms with E-state index in [1.807, 2.05) is 0 Å². The molecule has 1 saturated heterocycles. The SMILES string of the molecule is CCC(=O)c1ccc(OCC(=O)Nc2cc(S(=O)(=O)N(CC)CC)ccc2N2CCCC2)cc1. The lowest BCUT2D eigenvalue weighted by Gasteiger charge is -2.24. The Balaban J connectivity index is 1.78. The van der Waals surface area contributed by atoms with Gasteiger partial charge in [0.05, 0.1) is 16.3 Å². The van der Waals surface area contributed by atoms with E-state index in [0.717, 1.165) is 31.6 Å². The first kappa shape index (κ1) is 25.7. The minimum Gasteiger partial charge on any atom is -0.484 e. The predicted octanol–water partition coefficient (Wildman–Crippen LogP) is 3.93. The van der Waals surface area contributed by atoms with Crippen molar-refractivity contribution < 1.29 is 22.7 Å². The minimum atomic E-state index is -3.66. The fourth-order valence-electron chi connectivity index (χ4n) is 4.00. The topological polar surface area (TPSA) is 96.0 Å². The van der Waals surface area contributed by atoms with Gasteiger partial charge in [-0.1, -0.05) is 20.8 Å². The predicted molar refractivity (Wildman–Crippen MR) is 133 cm³/mol. The van der Waals surface area contributed by atoms with Crippen LogP contribution in [0.4, 0.5) is 11.4 Å². The van der Waals surface area contributed by atoms with Crippen molar-refractivity contribution in [3.05, 3.63) is 48.0 Å². The third-order valence-electron chi connectivity index (χ3n) is 5.90. The Morgan fingerprint density at radius 3 is 2.24 bits per heavy atom. The van der Waals surface area contributed by atoms with Gasteiger partial charge in [0.25, 0.3) is 5.91 Å². The van der Waals surface area contributed by atoms with Crippen LogP contribution in [0, 0.1) is 0 Å². The number of nitrogens with zero attached hydrogens (tertiary/aromatic N) is 2. The van der Waals surface area contributed by atoms with Crippen LogP contribution < -0.4 is 15.0 Å². The van der Waals surface area contributed by atoms with Crippen LogP contribution in [0.3, 0.4) is 0 Å². The molecule has 34 heavy (non-hydrogen) atoms. The third kappa shape index (κ3) is 5.95. The van der Waals surface area contributed by atoms with Gasteiger partial charge in [0.2, 0.25) is 10.0 Å². The van der Waals surface area contributed by atoms with E-state index in [2.05, 4.69) is 10.2 Å². The maximum absolute atomic E-state index is 13.0. The van der Waals surface area contributed by atoms with E-state index in [-0.39, 0.29) is 17.3 Å². The maximum atomic E-state index is 13.0. The highest BCUT2D eigenvalue weighted by molar-refractivity contribution is 7.89. The summed E-state index contributed by atoms with van der Waals surface area (Å²) in [5, 5.41) is 2.84. The van der Waals surface area contributed by atoms with E-state index in [9.17, 15) is 18.0 Å². The van der Waals surface area contributed by atoms with Crippen LogP contribution in [0.15, 0.2) is 47.4 Å². The summed E-state index contributed by atoms with van der Waals surface area (Å²) >= 11 is 0. The molecule has 0 spiro atoms. The zero-order chi connectivity index (χ0) is 24.7. The van der Waals surface area contributed by atoms with Crippen molar-refractivity contribution >= 4 is 33.1 Å². The molecule has 0 aromatic heterocycles. The molecule has 0 aliphatic carbocycles. The van der Waals surface area contributed by atoms with Gasteiger partial charge < -0.3 is 15.0 Å². The number of hydrogen-bond acceptors (Lipinski definition) is 6. The van der Waals surface area contributed by atoms with E-state index < -0.39 is 15.9 Å². The molecule has 1 amide bonds. The number of carbonyl (C=O) groups is 2. The molecule has 3 rings (SSSR count). The van der Waals surface area contributed by atoms with Crippen molar-refractivity contribution in [1.82, 2.24) is 4.31 Å². The largest absolute Gasteiger partial charge is 0.484 e. The molecule has 184 valence electrons. The molecule has 0 unspecified atom stereocenters. The van der Waals surface area contributed by atoms with Gasteiger partial charge in [0.15, 0.2) is 12.4 Å². The molecule has 8 nitrogen and oxygen atoms in total. The summed E-state index contributed by atoms with van der Waals surface area (Å²) < 4.78 is 33.0. The summed E-state index contributed by atoms with van der Waals surface area (Å²) in [7, 11) is -3.66. The first-order valence-electron chi connectivity index (χ1n) is 11.7. The monoisotopic (exact) mass is 487 g/mol. The fraction of sp³-hybridized carbons (Fsp3) is 0.440. The lowest BCUT2D eigenvalue weighted by atomic mass is 10.1. The van der Waals surface area contributed by atoms with Crippen LogP contribution in [0.1, 0.15) is 50.4 Å². The summed E-state index contributed by atoms with van der Waals surface area (Å²) in [6.45, 7) is 7.59. The quantitative estimate of drug-likeness (QED) is 0.483. The van der Waals surface area contributed by atoms with Gasteiger partial charge in [0.1, 0.15) is 5.75 Å². The lowest BCUT2D eigenvalue weighted by Crippen LogP contribution is -2.31. The van der Waals surface area contributed by atoms with Crippen LogP contribution in [0.2, 0.25) is 0 Å². The molecule has 0 saturated carbocycles. The molecule has 1 heterocycles. The van der Waals surface area contributed by atoms with Gasteiger partial charge in [-0.25, -0.2) is 8.42 Å². The Labute approximate surface area is 201 Å². The van der Waals surface area contributed by atoms with E-state index in [1.54, 1.807) is 57.2 Å². The molecule has 2 aromatic carbocycles. The molecule has 1 N–H and O–H groups in total. The maximum Gasteiger partial charge on any atom is 0.262 e. The molecule has 0 atom stereocenters. The van der Waals surface area contributed by atoms with Gasteiger partial charge >= 0.3 is 0 Å². The first-order valence-corrected chi connectivity index (χ1v) is 13.2. The summed E-state index contributed by atoms with van der Waals surface area (Å²) in [5.74, 6) is 0.116. The number of nitrogens with one attached hydrogen (secondary N) is 1. The second kappa shape index (κ2) is 11.5. The number of ketones is 1. The Bertz CT molecular complexity index is 1110. The Morgan fingerprint density at radius 1 is 1.00 bits per heavy atom.